The first kappa shape index (κ1) is 62.4. The van der Waals surface area contributed by atoms with Crippen LogP contribution in [0.15, 0.2) is 131 Å². The number of benzene rings is 5. The molecule has 0 saturated carbocycles. The first-order valence-corrected chi connectivity index (χ1v) is 32.1. The third-order valence-electron chi connectivity index (χ3n) is 14.4. The number of esters is 2. The number of nitrogens with zero attached hydrogens (tertiary/aromatic N) is 6. The SMILES string of the molecule is CCOC(=O)CCCCc1nc2cc(S(=O)(=O)N3CCC(c4ccccc4)CC3)ccc2nc1-c1ccc(Cl)cc1.CCOC(=O)CCCCc1nc2cc(S(=O)(=O)N3CCC(c4ccccc4)CC3)ccc2nc1OS(=O)(=O)C(F)(F)F. The molecule has 7 aromatic rings. The number of aromatic nitrogens is 4. The van der Waals surface area contributed by atoms with Crippen molar-refractivity contribution in [3.63, 3.8) is 0 Å². The van der Waals surface area contributed by atoms with Crippen LogP contribution < -0.4 is 4.18 Å². The molecular formula is C59H64ClF3N6O11S3. The molecule has 0 atom stereocenters. The van der Waals surface area contributed by atoms with E-state index in [4.69, 9.17) is 31.0 Å². The van der Waals surface area contributed by atoms with Crippen LogP contribution in [0.5, 0.6) is 5.88 Å². The number of aryl methyl sites for hydroxylation is 2. The minimum Gasteiger partial charge on any atom is -0.466 e. The number of ether oxygens (including phenoxy) is 2. The average molecular weight is 1220 g/mol. The largest absolute Gasteiger partial charge is 0.534 e. The van der Waals surface area contributed by atoms with Crippen LogP contribution in [0.25, 0.3) is 33.3 Å². The molecule has 2 saturated heterocycles. The quantitative estimate of drug-likeness (QED) is 0.0282. The highest BCUT2D eigenvalue weighted by Gasteiger charge is 2.49. The number of piperidine rings is 2. The predicted molar refractivity (Wildman–Crippen MR) is 308 cm³/mol. The number of rotatable bonds is 21. The number of halogens is 4. The standard InChI is InChI=1S/C32H34ClN3O4S.C27H30F3N3O7S2/c1-2-40-31(37)11-7-6-10-29-32(25-12-14-26(33)15-13-25)35-28-17-16-27(22-30(28)34-29)41(38,39)36-20-18-24(19-21-36)23-8-4-3-5-9-23;1-2-39-25(34)11-7-6-10-23-26(40-42(37,38)27(28,29)30)32-22-13-12-21(18-24(22)31-23)41(35,36)33-16-14-20(15-17-33)19-8-4-3-5-9-19/h3-5,8-9,12-17,22,24H,2,6-7,10-11,18-21H2,1H3;3-5,8-9,12-13,18,20H,2,6-7,10-11,14-17H2,1H3. The summed E-state index contributed by atoms with van der Waals surface area (Å²) in [4.78, 5) is 41.5. The Labute approximate surface area is 486 Å². The summed E-state index contributed by atoms with van der Waals surface area (Å²) in [6.07, 6.45) is 5.60. The molecule has 2 aliphatic heterocycles. The van der Waals surface area contributed by atoms with E-state index < -0.39 is 47.5 Å². The molecule has 2 fully saturated rings. The molecule has 0 unspecified atom stereocenters. The molecule has 0 N–H and O–H groups in total. The van der Waals surface area contributed by atoms with Gasteiger partial charge in [0, 0.05) is 49.6 Å². The van der Waals surface area contributed by atoms with Gasteiger partial charge in [0.1, 0.15) is 5.69 Å². The molecule has 0 amide bonds. The zero-order valence-corrected chi connectivity index (χ0v) is 49.0. The highest BCUT2D eigenvalue weighted by atomic mass is 35.5. The molecule has 17 nitrogen and oxygen atoms in total. The van der Waals surface area contributed by atoms with Gasteiger partial charge >= 0.3 is 27.6 Å². The van der Waals surface area contributed by atoms with Crippen LogP contribution in [-0.2, 0) is 62.1 Å². The molecule has 5 aromatic carbocycles. The second-order valence-corrected chi connectivity index (χ2v) is 25.8. The highest BCUT2D eigenvalue weighted by Crippen LogP contribution is 2.35. The van der Waals surface area contributed by atoms with Crippen LogP contribution in [-0.4, -0.2) is 111 Å². The Hall–Kier alpha value is -6.63. The van der Waals surface area contributed by atoms with Crippen molar-refractivity contribution in [2.24, 2.45) is 0 Å². The lowest BCUT2D eigenvalue weighted by molar-refractivity contribution is -0.144. The van der Waals surface area contributed by atoms with Crippen molar-refractivity contribution in [3.8, 4) is 17.1 Å². The summed E-state index contributed by atoms with van der Waals surface area (Å²) < 4.78 is 134. The Kier molecular flexibility index (Phi) is 20.9. The van der Waals surface area contributed by atoms with Crippen LogP contribution in [0.3, 0.4) is 0 Å². The monoisotopic (exact) mass is 1220 g/mol. The van der Waals surface area contributed by atoms with E-state index in [2.05, 4.69) is 26.3 Å². The van der Waals surface area contributed by atoms with E-state index in [0.717, 1.165) is 35.4 Å². The smallest absolute Gasteiger partial charge is 0.466 e. The van der Waals surface area contributed by atoms with E-state index in [1.54, 1.807) is 36.4 Å². The van der Waals surface area contributed by atoms with Crippen LogP contribution in [0, 0.1) is 0 Å². The van der Waals surface area contributed by atoms with Gasteiger partial charge in [-0.1, -0.05) is 84.4 Å². The molecule has 2 aromatic heterocycles. The number of hydrogen-bond acceptors (Lipinski definition) is 15. The van der Waals surface area contributed by atoms with Gasteiger partial charge in [-0.25, -0.2) is 36.8 Å². The fraction of sp³-hybridized carbons (Fsp3) is 0.390. The molecule has 0 aliphatic carbocycles. The van der Waals surface area contributed by atoms with Gasteiger partial charge in [0.2, 0.25) is 20.0 Å². The Balaban J connectivity index is 0.000000217. The normalized spacial score (nSPS) is 15.2. The van der Waals surface area contributed by atoms with Gasteiger partial charge in [0.25, 0.3) is 5.88 Å². The summed E-state index contributed by atoms with van der Waals surface area (Å²) in [5, 5.41) is 0.626. The van der Waals surface area contributed by atoms with Crippen LogP contribution in [0.2, 0.25) is 5.02 Å². The molecule has 0 spiro atoms. The van der Waals surface area contributed by atoms with E-state index >= 15 is 0 Å². The van der Waals surface area contributed by atoms with Crippen molar-refractivity contribution in [2.75, 3.05) is 39.4 Å². The van der Waals surface area contributed by atoms with E-state index in [0.29, 0.717) is 93.3 Å². The second-order valence-electron chi connectivity index (χ2n) is 20.0. The Morgan fingerprint density at radius 2 is 0.988 bits per heavy atom. The van der Waals surface area contributed by atoms with E-state index in [9.17, 15) is 48.0 Å². The van der Waals surface area contributed by atoms with Crippen molar-refractivity contribution >= 4 is 75.8 Å². The van der Waals surface area contributed by atoms with Crippen molar-refractivity contribution in [2.45, 2.75) is 118 Å². The topological polar surface area (TPSA) is 222 Å². The molecular weight excluding hydrogens is 1160 g/mol. The average Bonchev–Trinajstić information content (AvgIpc) is 3.68. The number of carbonyl (C=O) groups excluding carboxylic acids is 2. The number of fused-ring (bicyclic) bond motifs is 2. The van der Waals surface area contributed by atoms with Crippen molar-refractivity contribution in [3.05, 3.63) is 149 Å². The summed E-state index contributed by atoms with van der Waals surface area (Å²) in [5.74, 6) is -0.936. The van der Waals surface area contributed by atoms with Crippen LogP contribution in [0.4, 0.5) is 13.2 Å². The lowest BCUT2D eigenvalue weighted by atomic mass is 9.90. The number of sulfonamides is 2. The van der Waals surface area contributed by atoms with Gasteiger partial charge in [-0.2, -0.15) is 30.2 Å². The Morgan fingerprint density at radius 1 is 0.554 bits per heavy atom. The minimum absolute atomic E-state index is 0.0346. The third kappa shape index (κ3) is 16.0. The summed E-state index contributed by atoms with van der Waals surface area (Å²) in [5.41, 5.74) is -0.0309. The molecule has 0 bridgehead atoms. The van der Waals surface area contributed by atoms with Crippen molar-refractivity contribution in [1.82, 2.24) is 28.5 Å². The molecule has 442 valence electrons. The van der Waals surface area contributed by atoms with E-state index in [1.165, 1.54) is 28.1 Å². The zero-order valence-electron chi connectivity index (χ0n) is 45.8. The Morgan fingerprint density at radius 3 is 1.43 bits per heavy atom. The zero-order chi connectivity index (χ0) is 59.4. The Bertz CT molecular complexity index is 3720. The number of carbonyl (C=O) groups is 2. The van der Waals surface area contributed by atoms with Gasteiger partial charge in [-0.15, -0.1) is 0 Å². The van der Waals surface area contributed by atoms with E-state index in [1.807, 2.05) is 72.8 Å². The molecule has 83 heavy (non-hydrogen) atoms. The second kappa shape index (κ2) is 27.8. The molecule has 24 heteroatoms. The molecule has 9 rings (SSSR count). The number of alkyl halides is 3. The van der Waals surface area contributed by atoms with Crippen molar-refractivity contribution in [1.29, 1.82) is 0 Å². The predicted octanol–water partition coefficient (Wildman–Crippen LogP) is 11.5. The van der Waals surface area contributed by atoms with Gasteiger partial charge < -0.3 is 13.7 Å². The highest BCUT2D eigenvalue weighted by molar-refractivity contribution is 7.89. The van der Waals surface area contributed by atoms with Gasteiger partial charge in [-0.05, 0) is 150 Å². The summed E-state index contributed by atoms with van der Waals surface area (Å²) in [6, 6.07) is 36.3. The minimum atomic E-state index is -6.04. The first-order chi connectivity index (χ1) is 39.7. The lowest BCUT2D eigenvalue weighted by Crippen LogP contribution is -2.37. The van der Waals surface area contributed by atoms with Gasteiger partial charge in [-0.3, -0.25) is 9.59 Å². The summed E-state index contributed by atoms with van der Waals surface area (Å²) in [6.45, 7) is 5.57. The molecule has 2 aliphatic rings. The van der Waals surface area contributed by atoms with E-state index in [-0.39, 0.29) is 70.7 Å². The fourth-order valence-corrected chi connectivity index (χ4v) is 13.6. The van der Waals surface area contributed by atoms with Crippen LogP contribution >= 0.6 is 11.6 Å². The lowest BCUT2D eigenvalue weighted by Gasteiger charge is -2.31. The molecule has 4 heterocycles. The summed E-state index contributed by atoms with van der Waals surface area (Å²) >= 11 is 6.11. The van der Waals surface area contributed by atoms with Crippen LogP contribution in [0.1, 0.15) is 112 Å². The van der Waals surface area contributed by atoms with Crippen molar-refractivity contribution < 1.29 is 61.7 Å². The fourth-order valence-electron chi connectivity index (χ4n) is 10.0. The summed E-state index contributed by atoms with van der Waals surface area (Å²) in [7, 11) is -13.6. The first-order valence-electron chi connectivity index (χ1n) is 27.5. The van der Waals surface area contributed by atoms with Gasteiger partial charge in [0.05, 0.1) is 56.5 Å². The maximum Gasteiger partial charge on any atom is 0.534 e. The number of hydrogen-bond donors (Lipinski definition) is 0. The third-order valence-corrected chi connectivity index (χ3v) is 19.4. The maximum atomic E-state index is 13.6. The number of unbranched alkanes of at least 4 members (excludes halogenated alkanes) is 2. The maximum absolute atomic E-state index is 13.6. The van der Waals surface area contributed by atoms with Gasteiger partial charge in [0.15, 0.2) is 0 Å². The molecule has 0 radical (unpaired) electrons.